The number of nitrogens with zero attached hydrogens (tertiary/aromatic N) is 2. The molecule has 2 rings (SSSR count). The number of carbonyl (C=O) groups is 1. The van der Waals surface area contributed by atoms with Crippen LogP contribution in [0.2, 0.25) is 0 Å². The molecule has 0 atom stereocenters. The Balaban J connectivity index is 1.93. The zero-order valence-corrected chi connectivity index (χ0v) is 12.5. The van der Waals surface area contributed by atoms with Gasteiger partial charge in [0, 0.05) is 9.37 Å². The first kappa shape index (κ1) is 15.1. The highest BCUT2D eigenvalue weighted by Crippen LogP contribution is 2.28. The predicted octanol–water partition coefficient (Wildman–Crippen LogP) is 3.50. The first-order chi connectivity index (χ1) is 9.56. The summed E-state index contributed by atoms with van der Waals surface area (Å²) in [4.78, 5) is 15.8. The van der Waals surface area contributed by atoms with E-state index in [0.29, 0.717) is 11.6 Å². The van der Waals surface area contributed by atoms with E-state index in [4.69, 9.17) is 4.52 Å². The van der Waals surface area contributed by atoms with Gasteiger partial charge in [0.25, 0.3) is 6.43 Å². The fourth-order valence-electron chi connectivity index (χ4n) is 1.35. The van der Waals surface area contributed by atoms with Crippen molar-refractivity contribution < 1.29 is 18.1 Å². The molecule has 1 heterocycles. The molecule has 2 aromatic rings. The molecule has 0 spiro atoms. The van der Waals surface area contributed by atoms with E-state index in [2.05, 4.69) is 26.1 Å². The predicted molar refractivity (Wildman–Crippen MR) is 72.7 cm³/mol. The molecule has 0 aliphatic carbocycles. The molecule has 0 saturated heterocycles. The number of thioether (sulfide) groups is 1. The largest absolute Gasteiger partial charge is 0.339 e. The maximum atomic E-state index is 12.1. The summed E-state index contributed by atoms with van der Waals surface area (Å²) >= 11 is 4.88. The average Bonchev–Trinajstić information content (AvgIpc) is 2.85. The Kier molecular flexibility index (Phi) is 5.24. The summed E-state index contributed by atoms with van der Waals surface area (Å²) in [5.41, 5.74) is 0. The number of Topliss-reactive ketones (excluding diaryl/α,β-unsaturated/α-hetero) is 1. The second-order valence-corrected chi connectivity index (χ2v) is 5.64. The van der Waals surface area contributed by atoms with Gasteiger partial charge in [-0.05, 0) is 28.1 Å². The van der Waals surface area contributed by atoms with Crippen LogP contribution in [-0.2, 0) is 17.0 Å². The Morgan fingerprint density at radius 3 is 2.85 bits per heavy atom. The topological polar surface area (TPSA) is 56.0 Å². The van der Waals surface area contributed by atoms with Gasteiger partial charge in [-0.15, -0.1) is 11.8 Å². The highest BCUT2D eigenvalue weighted by atomic mass is 79.9. The molecule has 4 nitrogen and oxygen atoms in total. The lowest BCUT2D eigenvalue weighted by Crippen LogP contribution is -2.12. The molecule has 0 amide bonds. The number of rotatable bonds is 6. The average molecular weight is 363 g/mol. The summed E-state index contributed by atoms with van der Waals surface area (Å²) in [6.07, 6.45) is -3.55. The number of benzene rings is 1. The molecule has 0 fully saturated rings. The van der Waals surface area contributed by atoms with Crippen LogP contribution in [0.4, 0.5) is 8.78 Å². The van der Waals surface area contributed by atoms with Crippen molar-refractivity contribution in [2.24, 2.45) is 0 Å². The van der Waals surface area contributed by atoms with Crippen LogP contribution in [0.25, 0.3) is 0 Å². The second kappa shape index (κ2) is 6.94. The minimum atomic E-state index is -3.01. The Hall–Kier alpha value is -1.28. The van der Waals surface area contributed by atoms with E-state index in [1.165, 1.54) is 11.8 Å². The molecular weight excluding hydrogens is 354 g/mol. The quantitative estimate of drug-likeness (QED) is 0.736. The maximum Gasteiger partial charge on any atom is 0.296 e. The molecule has 0 unspecified atom stereocenters. The van der Waals surface area contributed by atoms with Gasteiger partial charge in [-0.2, -0.15) is 4.98 Å². The molecule has 0 aliphatic heterocycles. The van der Waals surface area contributed by atoms with Crippen molar-refractivity contribution in [2.75, 3.05) is 0 Å². The van der Waals surface area contributed by atoms with E-state index in [1.54, 1.807) is 0 Å². The van der Waals surface area contributed by atoms with E-state index in [-0.39, 0.29) is 5.89 Å². The van der Waals surface area contributed by atoms with Crippen LogP contribution in [0.3, 0.4) is 0 Å². The van der Waals surface area contributed by atoms with Crippen LogP contribution in [0.5, 0.6) is 0 Å². The molecule has 0 radical (unpaired) electrons. The normalized spacial score (nSPS) is 11.0. The number of hydrogen-bond donors (Lipinski definition) is 0. The van der Waals surface area contributed by atoms with Crippen molar-refractivity contribution >= 4 is 33.5 Å². The lowest BCUT2D eigenvalue weighted by molar-refractivity contribution is -0.129. The number of ketones is 1. The van der Waals surface area contributed by atoms with E-state index >= 15 is 0 Å². The Morgan fingerprint density at radius 2 is 2.15 bits per heavy atom. The van der Waals surface area contributed by atoms with Crippen LogP contribution in [0, 0.1) is 0 Å². The molecule has 20 heavy (non-hydrogen) atoms. The number of alkyl halides is 2. The van der Waals surface area contributed by atoms with Crippen LogP contribution in [-0.4, -0.2) is 22.3 Å². The highest BCUT2D eigenvalue weighted by molar-refractivity contribution is 9.10. The van der Waals surface area contributed by atoms with Crippen LogP contribution in [0.1, 0.15) is 11.7 Å². The van der Waals surface area contributed by atoms with E-state index < -0.39 is 18.6 Å². The molecule has 0 N–H and O–H groups in total. The maximum absolute atomic E-state index is 12.1. The molecule has 1 aromatic heterocycles. The van der Waals surface area contributed by atoms with Gasteiger partial charge in [0.15, 0.2) is 5.82 Å². The summed E-state index contributed by atoms with van der Waals surface area (Å²) in [5, 5.41) is 3.65. The van der Waals surface area contributed by atoms with Gasteiger partial charge in [0.2, 0.25) is 11.7 Å². The smallest absolute Gasteiger partial charge is 0.296 e. The summed E-state index contributed by atoms with van der Waals surface area (Å²) in [6.45, 7) is 0. The van der Waals surface area contributed by atoms with E-state index in [0.717, 1.165) is 9.37 Å². The molecule has 106 valence electrons. The molecular formula is C12H9BrF2N2O2S. The lowest BCUT2D eigenvalue weighted by atomic mass is 10.3. The van der Waals surface area contributed by atoms with Gasteiger partial charge in [0.05, 0.1) is 12.2 Å². The van der Waals surface area contributed by atoms with Crippen LogP contribution < -0.4 is 0 Å². The van der Waals surface area contributed by atoms with Gasteiger partial charge in [-0.1, -0.05) is 17.3 Å². The van der Waals surface area contributed by atoms with Crippen molar-refractivity contribution in [1.82, 2.24) is 10.1 Å². The number of aromatic nitrogens is 2. The van der Waals surface area contributed by atoms with Crippen LogP contribution in [0.15, 0.2) is 38.2 Å². The Morgan fingerprint density at radius 1 is 1.40 bits per heavy atom. The highest BCUT2D eigenvalue weighted by Gasteiger charge is 2.19. The molecule has 8 heteroatoms. The van der Waals surface area contributed by atoms with Gasteiger partial charge in [-0.3, -0.25) is 4.79 Å². The molecule has 1 aromatic carbocycles. The van der Waals surface area contributed by atoms with Crippen molar-refractivity contribution in [2.45, 2.75) is 23.5 Å². The third kappa shape index (κ3) is 4.11. The third-order valence-corrected chi connectivity index (χ3v) is 4.30. The van der Waals surface area contributed by atoms with Gasteiger partial charge in [0.1, 0.15) is 0 Å². The SMILES string of the molecule is O=C(Cc1nc(CSc2ccccc2Br)no1)C(F)F. The molecule has 0 aliphatic rings. The van der Waals surface area contributed by atoms with Crippen molar-refractivity contribution in [3.8, 4) is 0 Å². The Bertz CT molecular complexity index is 607. The minimum Gasteiger partial charge on any atom is -0.339 e. The zero-order valence-electron chi connectivity index (χ0n) is 10.1. The fourth-order valence-corrected chi connectivity index (χ4v) is 2.76. The van der Waals surface area contributed by atoms with Crippen molar-refractivity contribution in [3.63, 3.8) is 0 Å². The Labute approximate surface area is 126 Å². The summed E-state index contributed by atoms with van der Waals surface area (Å²) in [7, 11) is 0. The van der Waals surface area contributed by atoms with Crippen LogP contribution >= 0.6 is 27.7 Å². The fraction of sp³-hybridized carbons (Fsp3) is 0.250. The van der Waals surface area contributed by atoms with Crippen molar-refractivity contribution in [3.05, 3.63) is 40.5 Å². The summed E-state index contributed by atoms with van der Waals surface area (Å²) < 4.78 is 29.9. The molecule has 0 saturated carbocycles. The minimum absolute atomic E-state index is 0.0852. The van der Waals surface area contributed by atoms with Gasteiger partial charge in [-0.25, -0.2) is 8.78 Å². The van der Waals surface area contributed by atoms with Crippen molar-refractivity contribution in [1.29, 1.82) is 0 Å². The lowest BCUT2D eigenvalue weighted by Gasteiger charge is -2.00. The number of hydrogen-bond acceptors (Lipinski definition) is 5. The summed E-state index contributed by atoms with van der Waals surface area (Å²) in [6, 6.07) is 7.63. The van der Waals surface area contributed by atoms with Gasteiger partial charge >= 0.3 is 0 Å². The number of halogens is 3. The molecule has 0 bridgehead atoms. The van der Waals surface area contributed by atoms with Gasteiger partial charge < -0.3 is 4.52 Å². The van der Waals surface area contributed by atoms with E-state index in [1.807, 2.05) is 24.3 Å². The third-order valence-electron chi connectivity index (χ3n) is 2.27. The van der Waals surface area contributed by atoms with E-state index in [9.17, 15) is 13.6 Å². The monoisotopic (exact) mass is 362 g/mol. The summed E-state index contributed by atoms with van der Waals surface area (Å²) in [5.74, 6) is -0.519. The zero-order chi connectivity index (χ0) is 14.5. The standard InChI is InChI=1S/C12H9BrF2N2O2S/c13-7-3-1-2-4-9(7)20-6-10-16-11(19-17-10)5-8(18)12(14)15/h1-4,12H,5-6H2. The first-order valence-electron chi connectivity index (χ1n) is 5.56. The second-order valence-electron chi connectivity index (χ2n) is 3.77. The number of carbonyl (C=O) groups excluding carboxylic acids is 1. The first-order valence-corrected chi connectivity index (χ1v) is 7.34.